The number of hydrogen-bond donors (Lipinski definition) is 2. The van der Waals surface area contributed by atoms with E-state index in [1.54, 1.807) is 6.92 Å². The molecule has 1 unspecified atom stereocenters. The Bertz CT molecular complexity index is 1030. The Morgan fingerprint density at radius 2 is 2.03 bits per heavy atom. The summed E-state index contributed by atoms with van der Waals surface area (Å²) in [5, 5.41) is 11.1. The smallest absolute Gasteiger partial charge is 0.401 e. The molecule has 1 aromatic heterocycles. The summed E-state index contributed by atoms with van der Waals surface area (Å²) in [6, 6.07) is 0.823. The molecule has 0 radical (unpaired) electrons. The highest BCUT2D eigenvalue weighted by Crippen LogP contribution is 2.33. The van der Waals surface area contributed by atoms with Gasteiger partial charge in [0, 0.05) is 32.4 Å². The third kappa shape index (κ3) is 4.25. The highest BCUT2D eigenvalue weighted by Gasteiger charge is 2.31. The molecule has 0 spiro atoms. The van der Waals surface area contributed by atoms with Gasteiger partial charge in [-0.25, -0.2) is 13.6 Å². The summed E-state index contributed by atoms with van der Waals surface area (Å²) in [6.07, 6.45) is -2.88. The number of rotatable bonds is 6. The number of benzene rings is 1. The molecule has 0 bridgehead atoms. The number of fused-ring (bicyclic) bond motifs is 1. The molecule has 0 amide bonds. The molecule has 2 aromatic rings. The summed E-state index contributed by atoms with van der Waals surface area (Å²) in [5.41, 5.74) is -2.15. The zero-order valence-corrected chi connectivity index (χ0v) is 16.0. The maximum atomic E-state index is 15.3. The maximum absolute atomic E-state index is 15.3. The molecule has 6 nitrogen and oxygen atoms in total. The Labute approximate surface area is 167 Å². The zero-order valence-electron chi connectivity index (χ0n) is 16.0. The second-order valence-electron chi connectivity index (χ2n) is 7.23. The molecule has 1 aliphatic heterocycles. The predicted octanol–water partition coefficient (Wildman–Crippen LogP) is 2.98. The minimum atomic E-state index is -4.34. The fourth-order valence-electron chi connectivity index (χ4n) is 3.79. The van der Waals surface area contributed by atoms with E-state index in [9.17, 15) is 32.3 Å². The molecule has 2 N–H and O–H groups in total. The van der Waals surface area contributed by atoms with E-state index in [-0.39, 0.29) is 48.7 Å². The van der Waals surface area contributed by atoms with Gasteiger partial charge < -0.3 is 19.9 Å². The maximum Gasteiger partial charge on any atom is 0.401 e. The molecule has 1 saturated heterocycles. The number of pyridine rings is 1. The summed E-state index contributed by atoms with van der Waals surface area (Å²) in [4.78, 5) is 25.1. The molecule has 11 heteroatoms. The number of aromatic carboxylic acids is 1. The second kappa shape index (κ2) is 8.21. The van der Waals surface area contributed by atoms with Gasteiger partial charge in [-0.1, -0.05) is 0 Å². The number of aryl methyl sites for hydroxylation is 1. The van der Waals surface area contributed by atoms with Crippen LogP contribution in [0.25, 0.3) is 10.9 Å². The normalized spacial score (nSPS) is 17.1. The van der Waals surface area contributed by atoms with E-state index in [4.69, 9.17) is 0 Å². The summed E-state index contributed by atoms with van der Waals surface area (Å²) in [7, 11) is 0. The first-order valence-electron chi connectivity index (χ1n) is 9.34. The van der Waals surface area contributed by atoms with Crippen LogP contribution >= 0.6 is 0 Å². The van der Waals surface area contributed by atoms with Crippen LogP contribution in [0, 0.1) is 17.6 Å². The van der Waals surface area contributed by atoms with E-state index in [1.807, 2.05) is 0 Å². The number of hydrogen-bond acceptors (Lipinski definition) is 4. The summed E-state index contributed by atoms with van der Waals surface area (Å²) >= 11 is 0. The second-order valence-corrected chi connectivity index (χ2v) is 7.23. The lowest BCUT2D eigenvalue weighted by Gasteiger charge is -2.22. The van der Waals surface area contributed by atoms with Crippen LogP contribution in [-0.4, -0.2) is 48.0 Å². The van der Waals surface area contributed by atoms with Crippen molar-refractivity contribution >= 4 is 22.6 Å². The first-order chi connectivity index (χ1) is 14.0. The number of anilines is 1. The van der Waals surface area contributed by atoms with Gasteiger partial charge in [0.25, 0.3) is 0 Å². The molecule has 3 rings (SSSR count). The van der Waals surface area contributed by atoms with Crippen molar-refractivity contribution in [3.05, 3.63) is 39.7 Å². The van der Waals surface area contributed by atoms with E-state index in [1.165, 1.54) is 9.47 Å². The predicted molar refractivity (Wildman–Crippen MR) is 100 cm³/mol. The van der Waals surface area contributed by atoms with Crippen LogP contribution in [0.2, 0.25) is 0 Å². The summed E-state index contributed by atoms with van der Waals surface area (Å²) in [5.74, 6) is -3.75. The molecule has 1 fully saturated rings. The van der Waals surface area contributed by atoms with Gasteiger partial charge in [-0.15, -0.1) is 0 Å². The quantitative estimate of drug-likeness (QED) is 0.686. The van der Waals surface area contributed by atoms with Crippen molar-refractivity contribution in [1.82, 2.24) is 9.88 Å². The zero-order chi connectivity index (χ0) is 22.2. The van der Waals surface area contributed by atoms with E-state index >= 15 is 4.39 Å². The standard InChI is InChI=1S/C19H20F5N3O3/c1-2-26-8-12(18(29)30)17(28)11-5-13(20)16(14(21)15(11)26)27-4-3-10(7-27)6-25-9-19(22,23)24/h5,8,10,25H,2-4,6-7,9H2,1H3,(H,29,30). The Kier molecular flexibility index (Phi) is 6.02. The Hall–Kier alpha value is -2.69. The van der Waals surface area contributed by atoms with Gasteiger partial charge in [-0.05, 0) is 25.3 Å². The van der Waals surface area contributed by atoms with Crippen molar-refractivity contribution in [1.29, 1.82) is 0 Å². The van der Waals surface area contributed by atoms with Crippen molar-refractivity contribution in [3.8, 4) is 0 Å². The largest absolute Gasteiger partial charge is 0.477 e. The Morgan fingerprint density at radius 1 is 1.33 bits per heavy atom. The lowest BCUT2D eigenvalue weighted by Crippen LogP contribution is -2.33. The fourth-order valence-corrected chi connectivity index (χ4v) is 3.79. The van der Waals surface area contributed by atoms with Crippen LogP contribution in [0.5, 0.6) is 0 Å². The number of nitrogens with one attached hydrogen (secondary N) is 1. The SMILES string of the molecule is CCn1cc(C(=O)O)c(=O)c2cc(F)c(N3CCC(CNCC(F)(F)F)C3)c(F)c21. The number of carboxylic acids is 1. The number of alkyl halides is 3. The number of carbonyl (C=O) groups is 1. The lowest BCUT2D eigenvalue weighted by molar-refractivity contribution is -0.125. The van der Waals surface area contributed by atoms with Gasteiger partial charge in [-0.2, -0.15) is 13.2 Å². The minimum Gasteiger partial charge on any atom is -0.477 e. The van der Waals surface area contributed by atoms with Crippen LogP contribution in [0.1, 0.15) is 23.7 Å². The van der Waals surface area contributed by atoms with E-state index in [0.717, 1.165) is 12.3 Å². The molecular weight excluding hydrogens is 413 g/mol. The third-order valence-corrected chi connectivity index (χ3v) is 5.16. The molecule has 0 aliphatic carbocycles. The van der Waals surface area contributed by atoms with Crippen molar-refractivity contribution in [2.75, 3.05) is 31.1 Å². The van der Waals surface area contributed by atoms with Crippen LogP contribution in [-0.2, 0) is 6.54 Å². The average Bonchev–Trinajstić information content (AvgIpc) is 3.09. The summed E-state index contributed by atoms with van der Waals surface area (Å²) in [6.45, 7) is 1.06. The van der Waals surface area contributed by atoms with Crippen LogP contribution in [0.15, 0.2) is 17.1 Å². The highest BCUT2D eigenvalue weighted by molar-refractivity contribution is 5.93. The average molecular weight is 433 g/mol. The molecule has 1 aromatic carbocycles. The first-order valence-corrected chi connectivity index (χ1v) is 9.34. The number of aromatic nitrogens is 1. The van der Waals surface area contributed by atoms with Crippen molar-refractivity contribution < 1.29 is 31.9 Å². The van der Waals surface area contributed by atoms with Crippen LogP contribution in [0.4, 0.5) is 27.6 Å². The van der Waals surface area contributed by atoms with Gasteiger partial charge >= 0.3 is 12.1 Å². The molecular formula is C19H20F5N3O3. The van der Waals surface area contributed by atoms with Gasteiger partial charge in [0.2, 0.25) is 5.43 Å². The molecule has 0 saturated carbocycles. The summed E-state index contributed by atoms with van der Waals surface area (Å²) < 4.78 is 68.1. The van der Waals surface area contributed by atoms with Crippen molar-refractivity contribution in [2.45, 2.75) is 26.1 Å². The van der Waals surface area contributed by atoms with E-state index in [0.29, 0.717) is 6.42 Å². The molecule has 164 valence electrons. The van der Waals surface area contributed by atoms with Gasteiger partial charge in [0.15, 0.2) is 5.82 Å². The van der Waals surface area contributed by atoms with Crippen molar-refractivity contribution in [2.24, 2.45) is 5.92 Å². The first kappa shape index (κ1) is 22.0. The molecule has 2 heterocycles. The fraction of sp³-hybridized carbons (Fsp3) is 0.474. The molecule has 30 heavy (non-hydrogen) atoms. The lowest BCUT2D eigenvalue weighted by atomic mass is 10.1. The number of nitrogens with zero attached hydrogens (tertiary/aromatic N) is 2. The minimum absolute atomic E-state index is 0.0501. The van der Waals surface area contributed by atoms with Crippen LogP contribution in [0.3, 0.4) is 0 Å². The van der Waals surface area contributed by atoms with E-state index in [2.05, 4.69) is 5.32 Å². The van der Waals surface area contributed by atoms with Gasteiger partial charge in [0.1, 0.15) is 17.1 Å². The van der Waals surface area contributed by atoms with Gasteiger partial charge in [0.05, 0.1) is 17.4 Å². The van der Waals surface area contributed by atoms with Crippen molar-refractivity contribution in [3.63, 3.8) is 0 Å². The molecule has 1 atom stereocenters. The third-order valence-electron chi connectivity index (χ3n) is 5.16. The topological polar surface area (TPSA) is 74.6 Å². The Morgan fingerprint density at radius 3 is 2.63 bits per heavy atom. The monoisotopic (exact) mass is 433 g/mol. The van der Waals surface area contributed by atoms with Crippen LogP contribution < -0.4 is 15.6 Å². The highest BCUT2D eigenvalue weighted by atomic mass is 19.4. The molecule has 1 aliphatic rings. The van der Waals surface area contributed by atoms with Gasteiger partial charge in [-0.3, -0.25) is 4.79 Å². The number of halogens is 5. The Balaban J connectivity index is 1.95. The van der Waals surface area contributed by atoms with E-state index < -0.39 is 41.3 Å². The number of carboxylic acid groups (broad SMARTS) is 1.